The molecule has 2 atom stereocenters. The molecular weight excluding hydrogens is 396 g/mol. The lowest BCUT2D eigenvalue weighted by Gasteiger charge is -2.27. The molecule has 160 valence electrons. The molecule has 2 aliphatic heterocycles. The molecule has 4 amide bonds. The first-order valence-corrected chi connectivity index (χ1v) is 10.3. The summed E-state index contributed by atoms with van der Waals surface area (Å²) >= 11 is 0. The monoisotopic (exact) mass is 420 g/mol. The van der Waals surface area contributed by atoms with Gasteiger partial charge in [0.1, 0.15) is 6.04 Å². The first-order chi connectivity index (χ1) is 14.9. The lowest BCUT2D eigenvalue weighted by atomic mass is 10.0. The fourth-order valence-corrected chi connectivity index (χ4v) is 4.00. The Kier molecular flexibility index (Phi) is 5.81. The molecule has 2 aromatic rings. The minimum absolute atomic E-state index is 0.00412. The largest absolute Gasteiger partial charge is 0.385 e. The van der Waals surface area contributed by atoms with Crippen LogP contribution in [0.4, 0.5) is 5.69 Å². The van der Waals surface area contributed by atoms with Gasteiger partial charge in [-0.15, -0.1) is 0 Å². The van der Waals surface area contributed by atoms with Gasteiger partial charge in [-0.25, -0.2) is 0 Å². The van der Waals surface area contributed by atoms with Crippen LogP contribution in [0.3, 0.4) is 0 Å². The van der Waals surface area contributed by atoms with Crippen molar-refractivity contribution < 1.29 is 19.2 Å². The molecule has 1 saturated heterocycles. The molecule has 8 nitrogen and oxygen atoms in total. The van der Waals surface area contributed by atoms with Crippen molar-refractivity contribution in [1.29, 1.82) is 0 Å². The first kappa shape index (κ1) is 20.7. The summed E-state index contributed by atoms with van der Waals surface area (Å²) in [5, 5.41) is 5.44. The SMILES string of the molecule is NC(CCNc1ccc2c(c1)C(=O)N(C1CCC(=O)NC1=O)C2=O)Cc1ccccc1. The number of fused-ring (bicyclic) bond motifs is 1. The standard InChI is InChI=1S/C23H24N4O4/c24-15(12-14-4-2-1-3-5-14)10-11-25-16-6-7-17-18(13-16)23(31)27(22(17)30)19-8-9-20(28)26-21(19)29/h1-7,13,15,19,25H,8-12,24H2,(H,26,28,29). The molecule has 0 radical (unpaired) electrons. The smallest absolute Gasteiger partial charge is 0.262 e. The highest BCUT2D eigenvalue weighted by Gasteiger charge is 2.44. The Bertz CT molecular complexity index is 1040. The zero-order chi connectivity index (χ0) is 22.0. The number of rotatable bonds is 7. The van der Waals surface area contributed by atoms with Gasteiger partial charge in [0.15, 0.2) is 0 Å². The van der Waals surface area contributed by atoms with Gasteiger partial charge >= 0.3 is 0 Å². The maximum absolute atomic E-state index is 12.9. The molecule has 0 spiro atoms. The average Bonchev–Trinajstić information content (AvgIpc) is 2.99. The minimum Gasteiger partial charge on any atom is -0.385 e. The Morgan fingerprint density at radius 3 is 2.52 bits per heavy atom. The number of imide groups is 2. The van der Waals surface area contributed by atoms with Gasteiger partial charge in [0, 0.05) is 24.7 Å². The average molecular weight is 420 g/mol. The predicted molar refractivity (Wildman–Crippen MR) is 114 cm³/mol. The van der Waals surface area contributed by atoms with E-state index in [1.165, 1.54) is 5.56 Å². The van der Waals surface area contributed by atoms with E-state index in [1.54, 1.807) is 18.2 Å². The molecule has 4 rings (SSSR count). The summed E-state index contributed by atoms with van der Waals surface area (Å²) in [6, 6.07) is 14.0. The van der Waals surface area contributed by atoms with Crippen molar-refractivity contribution in [3.8, 4) is 0 Å². The molecule has 31 heavy (non-hydrogen) atoms. The van der Waals surface area contributed by atoms with Gasteiger partial charge in [0.2, 0.25) is 11.8 Å². The molecular formula is C23H24N4O4. The van der Waals surface area contributed by atoms with Crippen LogP contribution in [0.1, 0.15) is 45.5 Å². The molecule has 8 heteroatoms. The Labute approximate surface area is 179 Å². The molecule has 0 bridgehead atoms. The van der Waals surface area contributed by atoms with Crippen LogP contribution in [0.15, 0.2) is 48.5 Å². The number of benzene rings is 2. The third-order valence-corrected chi connectivity index (χ3v) is 5.62. The van der Waals surface area contributed by atoms with E-state index in [1.807, 2.05) is 30.3 Å². The summed E-state index contributed by atoms with van der Waals surface area (Å²) in [5.74, 6) is -2.03. The van der Waals surface area contributed by atoms with Crippen LogP contribution >= 0.6 is 0 Å². The summed E-state index contributed by atoms with van der Waals surface area (Å²) in [7, 11) is 0. The fourth-order valence-electron chi connectivity index (χ4n) is 4.00. The van der Waals surface area contributed by atoms with Crippen LogP contribution in [-0.4, -0.2) is 47.2 Å². The Morgan fingerprint density at radius 1 is 1.03 bits per heavy atom. The second-order valence-corrected chi connectivity index (χ2v) is 7.87. The number of hydrogen-bond acceptors (Lipinski definition) is 6. The molecule has 0 saturated carbocycles. The third kappa shape index (κ3) is 4.34. The van der Waals surface area contributed by atoms with E-state index in [0.717, 1.165) is 17.7 Å². The van der Waals surface area contributed by atoms with E-state index in [2.05, 4.69) is 10.6 Å². The highest BCUT2D eigenvalue weighted by atomic mass is 16.2. The van der Waals surface area contributed by atoms with Crippen LogP contribution < -0.4 is 16.4 Å². The summed E-state index contributed by atoms with van der Waals surface area (Å²) in [4.78, 5) is 50.1. The van der Waals surface area contributed by atoms with Crippen LogP contribution in [0.5, 0.6) is 0 Å². The summed E-state index contributed by atoms with van der Waals surface area (Å²) < 4.78 is 0. The van der Waals surface area contributed by atoms with Gasteiger partial charge in [-0.1, -0.05) is 30.3 Å². The van der Waals surface area contributed by atoms with Crippen LogP contribution in [-0.2, 0) is 16.0 Å². The van der Waals surface area contributed by atoms with Crippen LogP contribution in [0, 0.1) is 0 Å². The molecule has 2 aliphatic rings. The number of piperidine rings is 1. The van der Waals surface area contributed by atoms with E-state index in [0.29, 0.717) is 12.2 Å². The molecule has 2 aromatic carbocycles. The van der Waals surface area contributed by atoms with E-state index >= 15 is 0 Å². The number of hydrogen-bond donors (Lipinski definition) is 3. The summed E-state index contributed by atoms with van der Waals surface area (Å²) in [5.41, 5.74) is 8.63. The van der Waals surface area contributed by atoms with Crippen molar-refractivity contribution in [2.45, 2.75) is 37.8 Å². The Morgan fingerprint density at radius 2 is 1.77 bits per heavy atom. The maximum atomic E-state index is 12.9. The zero-order valence-corrected chi connectivity index (χ0v) is 17.0. The number of anilines is 1. The first-order valence-electron chi connectivity index (χ1n) is 10.3. The van der Waals surface area contributed by atoms with Gasteiger partial charge in [-0.3, -0.25) is 29.4 Å². The molecule has 1 fully saturated rings. The topological polar surface area (TPSA) is 122 Å². The fraction of sp³-hybridized carbons (Fsp3) is 0.304. The summed E-state index contributed by atoms with van der Waals surface area (Å²) in [6.45, 7) is 0.617. The predicted octanol–water partition coefficient (Wildman–Crippen LogP) is 1.46. The van der Waals surface area contributed by atoms with E-state index < -0.39 is 29.7 Å². The third-order valence-electron chi connectivity index (χ3n) is 5.62. The quantitative estimate of drug-likeness (QED) is 0.583. The highest BCUT2D eigenvalue weighted by molar-refractivity contribution is 6.23. The molecule has 0 aliphatic carbocycles. The maximum Gasteiger partial charge on any atom is 0.262 e. The van der Waals surface area contributed by atoms with E-state index in [4.69, 9.17) is 5.73 Å². The molecule has 2 unspecified atom stereocenters. The lowest BCUT2D eigenvalue weighted by Crippen LogP contribution is -2.54. The number of carbonyl (C=O) groups excluding carboxylic acids is 4. The normalized spacial score (nSPS) is 19.3. The van der Waals surface area contributed by atoms with Gasteiger partial charge in [-0.05, 0) is 43.0 Å². The van der Waals surface area contributed by atoms with Gasteiger partial charge in [0.05, 0.1) is 11.1 Å². The number of nitrogens with one attached hydrogen (secondary N) is 2. The van der Waals surface area contributed by atoms with Crippen LogP contribution in [0.25, 0.3) is 0 Å². The van der Waals surface area contributed by atoms with Crippen molar-refractivity contribution >= 4 is 29.3 Å². The number of carbonyl (C=O) groups is 4. The number of amides is 4. The Balaban J connectivity index is 1.38. The summed E-state index contributed by atoms with van der Waals surface area (Å²) in [6.07, 6.45) is 1.75. The number of nitrogens with zero attached hydrogens (tertiary/aromatic N) is 1. The van der Waals surface area contributed by atoms with E-state index in [-0.39, 0.29) is 30.0 Å². The highest BCUT2D eigenvalue weighted by Crippen LogP contribution is 2.29. The van der Waals surface area contributed by atoms with Crippen molar-refractivity contribution in [3.05, 3.63) is 65.2 Å². The molecule has 4 N–H and O–H groups in total. The molecule has 2 heterocycles. The van der Waals surface area contributed by atoms with Gasteiger partial charge in [0.25, 0.3) is 11.8 Å². The Hall–Kier alpha value is -3.52. The van der Waals surface area contributed by atoms with Crippen molar-refractivity contribution in [3.63, 3.8) is 0 Å². The van der Waals surface area contributed by atoms with E-state index in [9.17, 15) is 19.2 Å². The zero-order valence-electron chi connectivity index (χ0n) is 17.0. The number of nitrogens with two attached hydrogens (primary N) is 1. The van der Waals surface area contributed by atoms with Gasteiger partial charge < -0.3 is 11.1 Å². The second-order valence-electron chi connectivity index (χ2n) is 7.87. The molecule has 0 aromatic heterocycles. The van der Waals surface area contributed by atoms with Crippen molar-refractivity contribution in [2.24, 2.45) is 5.73 Å². The van der Waals surface area contributed by atoms with Gasteiger partial charge in [-0.2, -0.15) is 0 Å². The minimum atomic E-state index is -0.961. The van der Waals surface area contributed by atoms with Crippen LogP contribution in [0.2, 0.25) is 0 Å². The van der Waals surface area contributed by atoms with Crippen molar-refractivity contribution in [2.75, 3.05) is 11.9 Å². The van der Waals surface area contributed by atoms with Crippen molar-refractivity contribution in [1.82, 2.24) is 10.2 Å². The lowest BCUT2D eigenvalue weighted by molar-refractivity contribution is -0.136. The second kappa shape index (κ2) is 8.69.